The van der Waals surface area contributed by atoms with E-state index in [9.17, 15) is 13.2 Å². The van der Waals surface area contributed by atoms with Gasteiger partial charge in [-0.1, -0.05) is 48.5 Å². The molecule has 2 aromatic rings. The van der Waals surface area contributed by atoms with E-state index >= 15 is 0 Å². The Hall–Kier alpha value is -1.20. The summed E-state index contributed by atoms with van der Waals surface area (Å²) in [6, 6.07) is 6.07. The predicted molar refractivity (Wildman–Crippen MR) is 117 cm³/mol. The molecule has 3 rings (SSSR count). The molecule has 0 aliphatic carbocycles. The van der Waals surface area contributed by atoms with Gasteiger partial charge in [-0.3, -0.25) is 4.79 Å². The lowest BCUT2D eigenvalue weighted by Gasteiger charge is -2.31. The Kier molecular flexibility index (Phi) is 7.55. The van der Waals surface area contributed by atoms with Crippen molar-refractivity contribution in [1.29, 1.82) is 0 Å². The Morgan fingerprint density at radius 2 is 2.07 bits per heavy atom. The zero-order chi connectivity index (χ0) is 21.0. The molecule has 158 valence electrons. The van der Waals surface area contributed by atoms with Gasteiger partial charge in [0, 0.05) is 23.9 Å². The highest BCUT2D eigenvalue weighted by Gasteiger charge is 2.33. The maximum atomic E-state index is 12.9. The first-order chi connectivity index (χ1) is 13.8. The van der Waals surface area contributed by atoms with Crippen LogP contribution in [0.2, 0.25) is 5.02 Å². The van der Waals surface area contributed by atoms with Gasteiger partial charge < -0.3 is 5.32 Å². The van der Waals surface area contributed by atoms with E-state index in [0.717, 1.165) is 10.1 Å². The lowest BCUT2D eigenvalue weighted by molar-refractivity contribution is -0.120. The predicted octanol–water partition coefficient (Wildman–Crippen LogP) is 3.98. The van der Waals surface area contributed by atoms with Crippen molar-refractivity contribution in [3.05, 3.63) is 29.3 Å². The average molecular weight is 475 g/mol. The molecular formula is C18H23ClN4O3S3. The molecule has 7 nitrogen and oxygen atoms in total. The number of aromatic nitrogens is 2. The monoisotopic (exact) mass is 474 g/mol. The third-order valence-corrected chi connectivity index (χ3v) is 8.91. The molecule has 1 saturated heterocycles. The first-order valence-corrected chi connectivity index (χ1v) is 12.9. The number of hydrogen-bond acceptors (Lipinski definition) is 7. The highest BCUT2D eigenvalue weighted by Crippen LogP contribution is 2.29. The van der Waals surface area contributed by atoms with Gasteiger partial charge >= 0.3 is 0 Å². The lowest BCUT2D eigenvalue weighted by Crippen LogP contribution is -2.43. The van der Waals surface area contributed by atoms with E-state index in [1.807, 2.05) is 0 Å². The van der Waals surface area contributed by atoms with Crippen molar-refractivity contribution < 1.29 is 13.2 Å². The quantitative estimate of drug-likeness (QED) is 0.482. The standard InChI is InChI=1S/C18H23ClN4O3S3/c1-12(2)11-27-18-22-21-17(28-18)20-16(24)13-4-3-9-23(10-13)29(25,26)15-7-5-14(19)6-8-15/h5-8,12-13H,3-4,9-11H2,1-2H3,(H,20,21,24). The highest BCUT2D eigenvalue weighted by atomic mass is 35.5. The summed E-state index contributed by atoms with van der Waals surface area (Å²) < 4.78 is 27.9. The third kappa shape index (κ3) is 5.91. The van der Waals surface area contributed by atoms with Gasteiger partial charge in [-0.05, 0) is 43.0 Å². The second kappa shape index (κ2) is 9.74. The number of anilines is 1. The Balaban J connectivity index is 1.63. The van der Waals surface area contributed by atoms with Gasteiger partial charge in [0.15, 0.2) is 4.34 Å². The van der Waals surface area contributed by atoms with E-state index in [2.05, 4.69) is 29.4 Å². The summed E-state index contributed by atoms with van der Waals surface area (Å²) in [4.78, 5) is 12.9. The SMILES string of the molecule is CC(C)CSc1nnc(NC(=O)C2CCCN(S(=O)(=O)c3ccc(Cl)cc3)C2)s1. The van der Waals surface area contributed by atoms with E-state index in [4.69, 9.17) is 11.6 Å². The van der Waals surface area contributed by atoms with Gasteiger partial charge in [0.05, 0.1) is 10.8 Å². The smallest absolute Gasteiger partial charge is 0.243 e. The first kappa shape index (κ1) is 22.5. The summed E-state index contributed by atoms with van der Waals surface area (Å²) in [5.74, 6) is 0.819. The van der Waals surface area contributed by atoms with Gasteiger partial charge in [0.1, 0.15) is 0 Å². The van der Waals surface area contributed by atoms with Crippen molar-refractivity contribution in [1.82, 2.24) is 14.5 Å². The minimum atomic E-state index is -3.66. The molecule has 0 bridgehead atoms. The maximum absolute atomic E-state index is 12.9. The summed E-state index contributed by atoms with van der Waals surface area (Å²) >= 11 is 8.80. The van der Waals surface area contributed by atoms with E-state index in [0.29, 0.717) is 35.5 Å². The molecule has 1 aliphatic heterocycles. The molecular weight excluding hydrogens is 452 g/mol. The molecule has 1 N–H and O–H groups in total. The van der Waals surface area contributed by atoms with Crippen LogP contribution in [0.4, 0.5) is 5.13 Å². The zero-order valence-corrected chi connectivity index (χ0v) is 19.4. The number of nitrogens with zero attached hydrogens (tertiary/aromatic N) is 3. The average Bonchev–Trinajstić information content (AvgIpc) is 3.14. The van der Waals surface area contributed by atoms with Crippen LogP contribution >= 0.6 is 34.7 Å². The normalized spacial score (nSPS) is 18.1. The number of benzene rings is 1. The topological polar surface area (TPSA) is 92.3 Å². The number of carbonyl (C=O) groups excluding carboxylic acids is 1. The van der Waals surface area contributed by atoms with Crippen molar-refractivity contribution in [3.8, 4) is 0 Å². The second-order valence-corrected chi connectivity index (χ2v) is 11.8. The fourth-order valence-electron chi connectivity index (χ4n) is 2.89. The van der Waals surface area contributed by atoms with Crippen molar-refractivity contribution in [2.45, 2.75) is 35.9 Å². The van der Waals surface area contributed by atoms with E-state index < -0.39 is 15.9 Å². The van der Waals surface area contributed by atoms with Crippen LogP contribution in [0.25, 0.3) is 0 Å². The van der Waals surface area contributed by atoms with Crippen LogP contribution in [-0.2, 0) is 14.8 Å². The maximum Gasteiger partial charge on any atom is 0.243 e. The summed E-state index contributed by atoms with van der Waals surface area (Å²) in [5, 5.41) is 11.8. The molecule has 1 fully saturated rings. The number of carbonyl (C=O) groups is 1. The van der Waals surface area contributed by atoms with Crippen molar-refractivity contribution in [3.63, 3.8) is 0 Å². The summed E-state index contributed by atoms with van der Waals surface area (Å²) in [7, 11) is -3.66. The number of piperidine rings is 1. The molecule has 1 aliphatic rings. The zero-order valence-electron chi connectivity index (χ0n) is 16.2. The molecule has 11 heteroatoms. The molecule has 0 saturated carbocycles. The van der Waals surface area contributed by atoms with Crippen LogP contribution in [0.3, 0.4) is 0 Å². The molecule has 1 aromatic carbocycles. The van der Waals surface area contributed by atoms with E-state index in [-0.39, 0.29) is 17.3 Å². The molecule has 2 heterocycles. The Morgan fingerprint density at radius 1 is 1.34 bits per heavy atom. The van der Waals surface area contributed by atoms with Gasteiger partial charge in [0.2, 0.25) is 21.1 Å². The minimum absolute atomic E-state index is 0.143. The molecule has 1 atom stereocenters. The van der Waals surface area contributed by atoms with Gasteiger partial charge in [0.25, 0.3) is 0 Å². The molecule has 1 aromatic heterocycles. The molecule has 1 unspecified atom stereocenters. The van der Waals surface area contributed by atoms with Gasteiger partial charge in [-0.15, -0.1) is 10.2 Å². The third-order valence-electron chi connectivity index (χ3n) is 4.38. The Labute approximate surface area is 184 Å². The first-order valence-electron chi connectivity index (χ1n) is 9.28. The van der Waals surface area contributed by atoms with Crippen molar-refractivity contribution in [2.24, 2.45) is 11.8 Å². The second-order valence-electron chi connectivity index (χ2n) is 7.22. The molecule has 1 amide bonds. The number of amides is 1. The number of rotatable bonds is 7. The van der Waals surface area contributed by atoms with Crippen LogP contribution in [0.5, 0.6) is 0 Å². The lowest BCUT2D eigenvalue weighted by atomic mass is 9.99. The van der Waals surface area contributed by atoms with Crippen LogP contribution in [0.15, 0.2) is 33.5 Å². The molecule has 0 spiro atoms. The number of sulfonamides is 1. The van der Waals surface area contributed by atoms with Crippen molar-refractivity contribution in [2.75, 3.05) is 24.2 Å². The van der Waals surface area contributed by atoms with Crippen LogP contribution < -0.4 is 5.32 Å². The fourth-order valence-corrected chi connectivity index (χ4v) is 6.28. The fraction of sp³-hybridized carbons (Fsp3) is 0.500. The number of hydrogen-bond donors (Lipinski definition) is 1. The van der Waals surface area contributed by atoms with Gasteiger partial charge in [-0.2, -0.15) is 4.31 Å². The number of thioether (sulfide) groups is 1. The summed E-state index contributed by atoms with van der Waals surface area (Å²) in [5.41, 5.74) is 0. The van der Waals surface area contributed by atoms with Crippen molar-refractivity contribution >= 4 is 55.8 Å². The van der Waals surface area contributed by atoms with Crippen LogP contribution in [0, 0.1) is 11.8 Å². The highest BCUT2D eigenvalue weighted by molar-refractivity contribution is 8.01. The number of halogens is 1. The van der Waals surface area contributed by atoms with Crippen LogP contribution in [-0.4, -0.2) is 47.7 Å². The number of nitrogens with one attached hydrogen (secondary N) is 1. The largest absolute Gasteiger partial charge is 0.300 e. The van der Waals surface area contributed by atoms with Crippen LogP contribution in [0.1, 0.15) is 26.7 Å². The summed E-state index contributed by atoms with van der Waals surface area (Å²) in [6.07, 6.45) is 1.25. The van der Waals surface area contributed by atoms with E-state index in [1.54, 1.807) is 23.9 Å². The summed E-state index contributed by atoms with van der Waals surface area (Å²) in [6.45, 7) is 4.79. The Morgan fingerprint density at radius 3 is 2.76 bits per heavy atom. The van der Waals surface area contributed by atoms with E-state index in [1.165, 1.54) is 27.8 Å². The molecule has 0 radical (unpaired) electrons. The molecule has 29 heavy (non-hydrogen) atoms. The van der Waals surface area contributed by atoms with Gasteiger partial charge in [-0.25, -0.2) is 8.42 Å². The Bertz CT molecular complexity index is 948. The minimum Gasteiger partial charge on any atom is -0.300 e.